The third-order valence-corrected chi connectivity index (χ3v) is 4.84. The minimum atomic E-state index is -0.0350. The number of hydrogen-bond donors (Lipinski definition) is 1. The van der Waals surface area contributed by atoms with Crippen LogP contribution in [0, 0.1) is 0 Å². The van der Waals surface area contributed by atoms with Crippen molar-refractivity contribution in [1.82, 2.24) is 10.2 Å². The Balaban J connectivity index is 1.81. The third-order valence-electron chi connectivity index (χ3n) is 3.71. The van der Waals surface area contributed by atoms with E-state index in [0.29, 0.717) is 18.0 Å². The lowest BCUT2D eigenvalue weighted by molar-refractivity contribution is 0.111. The highest BCUT2D eigenvalue weighted by molar-refractivity contribution is 7.98. The first kappa shape index (κ1) is 12.7. The van der Waals surface area contributed by atoms with Gasteiger partial charge in [0.05, 0.1) is 0 Å². The number of aromatic amines is 1. The molecular formula is C14H15FN2OS. The molecule has 3 rings (SSSR count). The summed E-state index contributed by atoms with van der Waals surface area (Å²) in [4.78, 5) is 10.9. The lowest BCUT2D eigenvalue weighted by Gasteiger charge is -2.23. The summed E-state index contributed by atoms with van der Waals surface area (Å²) in [7, 11) is 0. The number of nitrogens with zero attached hydrogens (tertiary/aromatic N) is 1. The van der Waals surface area contributed by atoms with Crippen molar-refractivity contribution in [2.24, 2.45) is 0 Å². The van der Waals surface area contributed by atoms with Gasteiger partial charge in [0.25, 0.3) is 0 Å². The van der Waals surface area contributed by atoms with E-state index < -0.39 is 0 Å². The van der Waals surface area contributed by atoms with E-state index in [1.807, 2.05) is 17.8 Å². The number of H-pyrrole nitrogens is 1. The molecule has 0 spiro atoms. The van der Waals surface area contributed by atoms with Gasteiger partial charge >= 0.3 is 0 Å². The van der Waals surface area contributed by atoms with Crippen molar-refractivity contribution in [2.45, 2.75) is 30.9 Å². The Bertz CT molecular complexity index is 562. The molecule has 1 N–H and O–H groups in total. The molecule has 1 aromatic heterocycles. The molecule has 1 aliphatic carbocycles. The molecule has 2 aliphatic rings. The number of allylic oxidation sites excluding steroid dienone is 4. The fourth-order valence-corrected chi connectivity index (χ4v) is 3.86. The first-order chi connectivity index (χ1) is 9.28. The van der Waals surface area contributed by atoms with Gasteiger partial charge in [-0.05, 0) is 18.9 Å². The summed E-state index contributed by atoms with van der Waals surface area (Å²) < 4.78 is 13.0. The van der Waals surface area contributed by atoms with Crippen LogP contribution in [-0.4, -0.2) is 22.2 Å². The fourth-order valence-electron chi connectivity index (χ4n) is 2.67. The molecule has 5 heteroatoms. The SMILES string of the molecule is O=Cc1n[nH]c2c1CSCC2CC1=CC=C(F)CC1. The number of hydrogen-bond acceptors (Lipinski definition) is 3. The smallest absolute Gasteiger partial charge is 0.170 e. The highest BCUT2D eigenvalue weighted by Crippen LogP contribution is 2.38. The molecule has 0 saturated carbocycles. The molecule has 0 fully saturated rings. The third kappa shape index (κ3) is 2.52. The maximum Gasteiger partial charge on any atom is 0.170 e. The zero-order valence-electron chi connectivity index (χ0n) is 10.5. The van der Waals surface area contributed by atoms with Crippen LogP contribution in [0.25, 0.3) is 0 Å². The van der Waals surface area contributed by atoms with E-state index in [4.69, 9.17) is 0 Å². The van der Waals surface area contributed by atoms with Crippen molar-refractivity contribution < 1.29 is 9.18 Å². The second-order valence-electron chi connectivity index (χ2n) is 4.97. The zero-order valence-corrected chi connectivity index (χ0v) is 11.3. The molecule has 19 heavy (non-hydrogen) atoms. The first-order valence-electron chi connectivity index (χ1n) is 6.42. The Morgan fingerprint density at radius 3 is 3.11 bits per heavy atom. The number of carbonyl (C=O) groups excluding carboxylic acids is 1. The number of rotatable bonds is 3. The number of carbonyl (C=O) groups is 1. The molecule has 1 atom stereocenters. The van der Waals surface area contributed by atoms with Gasteiger partial charge in [-0.2, -0.15) is 16.9 Å². The molecule has 3 nitrogen and oxygen atoms in total. The van der Waals surface area contributed by atoms with Crippen molar-refractivity contribution in [2.75, 3.05) is 5.75 Å². The highest BCUT2D eigenvalue weighted by Gasteiger charge is 2.26. The number of aldehydes is 1. The van der Waals surface area contributed by atoms with Crippen molar-refractivity contribution in [3.05, 3.63) is 40.5 Å². The second kappa shape index (κ2) is 5.33. The number of nitrogens with one attached hydrogen (secondary N) is 1. The molecule has 1 aliphatic heterocycles. The van der Waals surface area contributed by atoms with Crippen LogP contribution < -0.4 is 0 Å². The van der Waals surface area contributed by atoms with E-state index in [2.05, 4.69) is 10.2 Å². The second-order valence-corrected chi connectivity index (χ2v) is 6.00. The Morgan fingerprint density at radius 2 is 2.37 bits per heavy atom. The summed E-state index contributed by atoms with van der Waals surface area (Å²) >= 11 is 1.83. The number of aromatic nitrogens is 2. The van der Waals surface area contributed by atoms with Crippen molar-refractivity contribution in [3.63, 3.8) is 0 Å². The van der Waals surface area contributed by atoms with Crippen LogP contribution in [0.4, 0.5) is 4.39 Å². The Hall–Kier alpha value is -1.36. The molecule has 0 radical (unpaired) electrons. The largest absolute Gasteiger partial charge is 0.296 e. The van der Waals surface area contributed by atoms with Gasteiger partial charge in [0.15, 0.2) is 6.29 Å². The molecular weight excluding hydrogens is 263 g/mol. The van der Waals surface area contributed by atoms with E-state index >= 15 is 0 Å². The van der Waals surface area contributed by atoms with Gasteiger partial charge in [0.1, 0.15) is 11.5 Å². The monoisotopic (exact) mass is 278 g/mol. The van der Waals surface area contributed by atoms with Crippen molar-refractivity contribution in [1.29, 1.82) is 0 Å². The topological polar surface area (TPSA) is 45.8 Å². The van der Waals surface area contributed by atoms with E-state index in [-0.39, 0.29) is 5.83 Å². The summed E-state index contributed by atoms with van der Waals surface area (Å²) in [5.74, 6) is 2.20. The quantitative estimate of drug-likeness (QED) is 0.860. The average molecular weight is 278 g/mol. The van der Waals surface area contributed by atoms with Crippen LogP contribution >= 0.6 is 11.8 Å². The molecule has 0 bridgehead atoms. The average Bonchev–Trinajstić information content (AvgIpc) is 2.85. The van der Waals surface area contributed by atoms with E-state index in [1.165, 1.54) is 5.57 Å². The Morgan fingerprint density at radius 1 is 1.47 bits per heavy atom. The van der Waals surface area contributed by atoms with Crippen LogP contribution in [0.2, 0.25) is 0 Å². The normalized spacial score (nSPS) is 22.5. The number of halogens is 1. The zero-order chi connectivity index (χ0) is 13.2. The first-order valence-corrected chi connectivity index (χ1v) is 7.57. The Labute approximate surface area is 115 Å². The van der Waals surface area contributed by atoms with Crippen LogP contribution in [0.1, 0.15) is 46.9 Å². The molecule has 0 saturated heterocycles. The van der Waals surface area contributed by atoms with Gasteiger partial charge in [-0.25, -0.2) is 4.39 Å². The standard InChI is InChI=1S/C14H15FN2OS/c15-11-3-1-9(2-4-11)5-10-7-19-8-12-13(6-18)16-17-14(10)12/h1,3,6,10H,2,4-5,7-8H2,(H,16,17). The molecule has 1 unspecified atom stereocenters. The fraction of sp³-hybridized carbons (Fsp3) is 0.429. The summed E-state index contributed by atoms with van der Waals surface area (Å²) in [6.07, 6.45) is 6.52. The lowest BCUT2D eigenvalue weighted by Crippen LogP contribution is -2.12. The minimum Gasteiger partial charge on any atom is -0.296 e. The van der Waals surface area contributed by atoms with Crippen LogP contribution in [0.15, 0.2) is 23.6 Å². The lowest BCUT2D eigenvalue weighted by atomic mass is 9.90. The van der Waals surface area contributed by atoms with Crippen molar-refractivity contribution in [3.8, 4) is 0 Å². The molecule has 1 aromatic rings. The van der Waals surface area contributed by atoms with Gasteiger partial charge in [0.2, 0.25) is 0 Å². The highest BCUT2D eigenvalue weighted by atomic mass is 32.2. The van der Waals surface area contributed by atoms with Crippen molar-refractivity contribution >= 4 is 18.0 Å². The van der Waals surface area contributed by atoms with Gasteiger partial charge in [-0.3, -0.25) is 9.89 Å². The van der Waals surface area contributed by atoms with Crippen LogP contribution in [-0.2, 0) is 5.75 Å². The van der Waals surface area contributed by atoms with E-state index in [1.54, 1.807) is 6.08 Å². The summed E-state index contributed by atoms with van der Waals surface area (Å²) in [5, 5.41) is 7.09. The molecule has 2 heterocycles. The molecule has 0 amide bonds. The van der Waals surface area contributed by atoms with Crippen LogP contribution in [0.3, 0.4) is 0 Å². The Kier molecular flexibility index (Phi) is 3.55. The number of fused-ring (bicyclic) bond motifs is 1. The van der Waals surface area contributed by atoms with Gasteiger partial charge in [-0.15, -0.1) is 0 Å². The minimum absolute atomic E-state index is 0.0350. The maximum absolute atomic E-state index is 13.0. The van der Waals surface area contributed by atoms with Crippen LogP contribution in [0.5, 0.6) is 0 Å². The summed E-state index contributed by atoms with van der Waals surface area (Å²) in [5.41, 5.74) is 3.96. The summed E-state index contributed by atoms with van der Waals surface area (Å²) in [6.45, 7) is 0. The molecule has 0 aromatic carbocycles. The van der Waals surface area contributed by atoms with E-state index in [9.17, 15) is 9.18 Å². The van der Waals surface area contributed by atoms with E-state index in [0.717, 1.165) is 41.9 Å². The predicted octanol–water partition coefficient (Wildman–Crippen LogP) is 3.52. The summed E-state index contributed by atoms with van der Waals surface area (Å²) in [6, 6.07) is 0. The van der Waals surface area contributed by atoms with Gasteiger partial charge in [0, 0.05) is 35.1 Å². The predicted molar refractivity (Wildman–Crippen MR) is 74.0 cm³/mol. The maximum atomic E-state index is 13.0. The number of thioether (sulfide) groups is 1. The molecule has 100 valence electrons. The van der Waals surface area contributed by atoms with Gasteiger partial charge in [-0.1, -0.05) is 11.6 Å². The van der Waals surface area contributed by atoms with Gasteiger partial charge < -0.3 is 0 Å².